The Balaban J connectivity index is 1.36. The van der Waals surface area contributed by atoms with Crippen LogP contribution < -0.4 is 0 Å². The first-order chi connectivity index (χ1) is 12.8. The molecule has 136 valence electrons. The van der Waals surface area contributed by atoms with Crippen molar-refractivity contribution in [1.82, 2.24) is 14.9 Å². The minimum Gasteiger partial charge on any atom is -0.313 e. The zero-order chi connectivity index (χ0) is 17.5. The fourth-order valence-corrected chi connectivity index (χ4v) is 6.36. The Morgan fingerprint density at radius 1 is 1.19 bits per heavy atom. The molecule has 6 heteroatoms. The number of aryl methyl sites for hydroxylation is 2. The van der Waals surface area contributed by atoms with E-state index in [2.05, 4.69) is 20.9 Å². The molecule has 0 spiro atoms. The summed E-state index contributed by atoms with van der Waals surface area (Å²) in [7, 11) is 0. The van der Waals surface area contributed by atoms with Crippen molar-refractivity contribution in [3.05, 3.63) is 28.5 Å². The number of nitrogens with zero attached hydrogens (tertiary/aromatic N) is 3. The third-order valence-electron chi connectivity index (χ3n) is 5.56. The van der Waals surface area contributed by atoms with Gasteiger partial charge in [0.25, 0.3) is 0 Å². The summed E-state index contributed by atoms with van der Waals surface area (Å²) in [5, 5.41) is 2.22. The highest BCUT2D eigenvalue weighted by Gasteiger charge is 2.35. The first-order valence-electron chi connectivity index (χ1n) is 9.70. The summed E-state index contributed by atoms with van der Waals surface area (Å²) >= 11 is 3.41. The van der Waals surface area contributed by atoms with Gasteiger partial charge in [-0.15, -0.1) is 11.3 Å². The molecule has 2 aromatic rings. The van der Waals surface area contributed by atoms with Gasteiger partial charge >= 0.3 is 0 Å². The molecule has 2 aromatic heterocycles. The predicted octanol–water partition coefficient (Wildman–Crippen LogP) is 4.72. The number of hydrogen-bond acceptors (Lipinski definition) is 5. The Kier molecular flexibility index (Phi) is 4.49. The molecule has 0 unspecified atom stereocenters. The van der Waals surface area contributed by atoms with E-state index in [0.29, 0.717) is 11.8 Å². The van der Waals surface area contributed by atoms with Crippen molar-refractivity contribution < 1.29 is 4.79 Å². The van der Waals surface area contributed by atoms with E-state index < -0.39 is 0 Å². The van der Waals surface area contributed by atoms with E-state index in [-0.39, 0.29) is 5.91 Å². The molecule has 0 aliphatic heterocycles. The van der Waals surface area contributed by atoms with Gasteiger partial charge in [0, 0.05) is 22.0 Å². The lowest BCUT2D eigenvalue weighted by Gasteiger charge is -2.27. The van der Waals surface area contributed by atoms with Gasteiger partial charge in [-0.2, -0.15) is 0 Å². The molecule has 1 saturated carbocycles. The third kappa shape index (κ3) is 3.07. The van der Waals surface area contributed by atoms with Crippen molar-refractivity contribution in [3.63, 3.8) is 0 Å². The molecule has 0 atom stereocenters. The van der Waals surface area contributed by atoms with E-state index in [9.17, 15) is 4.79 Å². The summed E-state index contributed by atoms with van der Waals surface area (Å²) in [6.07, 6.45) is 14.4. The third-order valence-corrected chi connectivity index (χ3v) is 7.73. The molecule has 0 bridgehead atoms. The second-order valence-corrected chi connectivity index (χ2v) is 9.49. The van der Waals surface area contributed by atoms with Gasteiger partial charge in [-0.3, -0.25) is 4.79 Å². The zero-order valence-electron chi connectivity index (χ0n) is 14.9. The Morgan fingerprint density at radius 2 is 2.12 bits per heavy atom. The van der Waals surface area contributed by atoms with Gasteiger partial charge in [0.1, 0.15) is 16.2 Å². The Labute approximate surface area is 162 Å². The molecular weight excluding hydrogens is 362 g/mol. The molecule has 0 N–H and O–H groups in total. The summed E-state index contributed by atoms with van der Waals surface area (Å²) in [4.78, 5) is 26.7. The Morgan fingerprint density at radius 3 is 2.92 bits per heavy atom. The summed E-state index contributed by atoms with van der Waals surface area (Å²) in [5.74, 6) is 0.731. The lowest BCUT2D eigenvalue weighted by molar-refractivity contribution is -0.127. The van der Waals surface area contributed by atoms with E-state index in [0.717, 1.165) is 42.0 Å². The quantitative estimate of drug-likeness (QED) is 0.552. The number of aromatic nitrogens is 2. The molecule has 2 heterocycles. The first-order valence-corrected chi connectivity index (χ1v) is 11.5. The highest BCUT2D eigenvalue weighted by atomic mass is 32.2. The second kappa shape index (κ2) is 6.97. The summed E-state index contributed by atoms with van der Waals surface area (Å²) in [6, 6.07) is 0.447. The maximum Gasteiger partial charge on any atom is 0.237 e. The van der Waals surface area contributed by atoms with Crippen molar-refractivity contribution in [2.45, 2.75) is 68.9 Å². The maximum atomic E-state index is 13.0. The summed E-state index contributed by atoms with van der Waals surface area (Å²) < 4.78 is 0. The van der Waals surface area contributed by atoms with Crippen LogP contribution in [0.4, 0.5) is 0 Å². The largest absolute Gasteiger partial charge is 0.313 e. The molecule has 3 aliphatic rings. The monoisotopic (exact) mass is 385 g/mol. The molecule has 26 heavy (non-hydrogen) atoms. The van der Waals surface area contributed by atoms with Gasteiger partial charge in [0.05, 0.1) is 5.75 Å². The Bertz CT molecular complexity index is 885. The van der Waals surface area contributed by atoms with Crippen LogP contribution in [0.2, 0.25) is 0 Å². The fraction of sp³-hybridized carbons (Fsp3) is 0.550. The zero-order valence-corrected chi connectivity index (χ0v) is 16.5. The number of fused-ring (bicyclic) bond motifs is 3. The molecule has 5 rings (SSSR count). The molecule has 3 aliphatic carbocycles. The van der Waals surface area contributed by atoms with Crippen molar-refractivity contribution in [2.24, 2.45) is 0 Å². The minimum absolute atomic E-state index is 0.254. The van der Waals surface area contributed by atoms with Crippen LogP contribution in [0.3, 0.4) is 0 Å². The standard InChI is InChI=1S/C20H23N3OS2/c24-17(23(14-9-10-14)13-5-2-1-3-6-13)11-25-19-18-15-7-4-8-16(15)26-20(18)22-12-21-19/h5,12,14H,1-4,6-11H2. The first kappa shape index (κ1) is 16.8. The Hall–Kier alpha value is -1.40. The number of hydrogen-bond donors (Lipinski definition) is 0. The van der Waals surface area contributed by atoms with Crippen molar-refractivity contribution in [3.8, 4) is 0 Å². The van der Waals surface area contributed by atoms with Crippen molar-refractivity contribution in [1.29, 1.82) is 0 Å². The molecule has 4 nitrogen and oxygen atoms in total. The highest BCUT2D eigenvalue weighted by molar-refractivity contribution is 8.00. The fourth-order valence-electron chi connectivity index (χ4n) is 4.18. The van der Waals surface area contributed by atoms with Crippen LogP contribution in [-0.2, 0) is 17.6 Å². The number of rotatable bonds is 5. The average molecular weight is 386 g/mol. The minimum atomic E-state index is 0.254. The van der Waals surface area contributed by atoms with Gasteiger partial charge in [-0.05, 0) is 63.4 Å². The van der Waals surface area contributed by atoms with E-state index in [1.807, 2.05) is 11.3 Å². The van der Waals surface area contributed by atoms with Crippen molar-refractivity contribution >= 4 is 39.2 Å². The molecule has 0 saturated heterocycles. The number of thiophene rings is 1. The van der Waals surface area contributed by atoms with Crippen LogP contribution in [0.15, 0.2) is 23.1 Å². The molecule has 0 aromatic carbocycles. The van der Waals surface area contributed by atoms with Crippen LogP contribution in [0, 0.1) is 0 Å². The van der Waals surface area contributed by atoms with Crippen molar-refractivity contribution in [2.75, 3.05) is 5.75 Å². The molecule has 1 amide bonds. The second-order valence-electron chi connectivity index (χ2n) is 7.44. The van der Waals surface area contributed by atoms with E-state index in [1.54, 1.807) is 18.1 Å². The topological polar surface area (TPSA) is 46.1 Å². The van der Waals surface area contributed by atoms with E-state index in [1.165, 1.54) is 47.2 Å². The average Bonchev–Trinajstić information content (AvgIpc) is 3.27. The van der Waals surface area contributed by atoms with Gasteiger partial charge in [-0.1, -0.05) is 17.8 Å². The van der Waals surface area contributed by atoms with Crippen LogP contribution in [0.5, 0.6) is 0 Å². The lowest BCUT2D eigenvalue weighted by atomic mass is 10.0. The summed E-state index contributed by atoms with van der Waals surface area (Å²) in [6.45, 7) is 0. The lowest BCUT2D eigenvalue weighted by Crippen LogP contribution is -2.34. The molecule has 0 radical (unpaired) electrons. The van der Waals surface area contributed by atoms with Crippen LogP contribution >= 0.6 is 23.1 Å². The maximum absolute atomic E-state index is 13.0. The van der Waals surface area contributed by atoms with E-state index in [4.69, 9.17) is 0 Å². The number of amides is 1. The smallest absolute Gasteiger partial charge is 0.237 e. The molecular formula is C20H23N3OS2. The summed E-state index contributed by atoms with van der Waals surface area (Å²) in [5.41, 5.74) is 2.71. The number of carbonyl (C=O) groups is 1. The van der Waals surface area contributed by atoms with Gasteiger partial charge < -0.3 is 4.90 Å². The van der Waals surface area contributed by atoms with E-state index >= 15 is 0 Å². The number of allylic oxidation sites excluding steroid dienone is 2. The predicted molar refractivity (Wildman–Crippen MR) is 107 cm³/mol. The van der Waals surface area contributed by atoms with Crippen LogP contribution in [0.25, 0.3) is 10.2 Å². The van der Waals surface area contributed by atoms with Crippen LogP contribution in [-0.4, -0.2) is 32.6 Å². The highest BCUT2D eigenvalue weighted by Crippen LogP contribution is 2.40. The van der Waals surface area contributed by atoms with Crippen LogP contribution in [0.1, 0.15) is 55.4 Å². The van der Waals surface area contributed by atoms with Gasteiger partial charge in [0.2, 0.25) is 5.91 Å². The molecule has 1 fully saturated rings. The normalized spacial score (nSPS) is 19.5. The SMILES string of the molecule is O=C(CSc1ncnc2sc3c(c12)CCC3)N(C1=CCCCC1)C1CC1. The van der Waals surface area contributed by atoms with Gasteiger partial charge in [0.15, 0.2) is 0 Å². The number of thioether (sulfide) groups is 1. The number of carbonyl (C=O) groups excluding carboxylic acids is 1. The van der Waals surface area contributed by atoms with Gasteiger partial charge in [-0.25, -0.2) is 9.97 Å².